The first kappa shape index (κ1) is 15.5. The van der Waals surface area contributed by atoms with E-state index in [2.05, 4.69) is 48.5 Å². The van der Waals surface area contributed by atoms with Crippen molar-refractivity contribution in [2.24, 2.45) is 0 Å². The first-order valence-corrected chi connectivity index (χ1v) is 7.82. The van der Waals surface area contributed by atoms with E-state index in [4.69, 9.17) is 9.47 Å². The van der Waals surface area contributed by atoms with Gasteiger partial charge < -0.3 is 9.47 Å². The molecule has 4 rings (SSSR count). The lowest BCUT2D eigenvalue weighted by Crippen LogP contribution is -1.96. The van der Waals surface area contributed by atoms with Gasteiger partial charge in [-0.15, -0.1) is 0 Å². The van der Waals surface area contributed by atoms with Crippen LogP contribution in [-0.2, 0) is 9.47 Å². The van der Waals surface area contributed by atoms with Gasteiger partial charge in [-0.25, -0.2) is 0 Å². The molecule has 1 fully saturated rings. The van der Waals surface area contributed by atoms with Crippen LogP contribution in [0, 0.1) is 0 Å². The molecule has 116 valence electrons. The highest BCUT2D eigenvalue weighted by molar-refractivity contribution is 5.62. The van der Waals surface area contributed by atoms with Gasteiger partial charge in [-0.2, -0.15) is 0 Å². The van der Waals surface area contributed by atoms with Gasteiger partial charge in [-0.3, -0.25) is 0 Å². The molecule has 3 aromatic carbocycles. The van der Waals surface area contributed by atoms with Gasteiger partial charge in [0.25, 0.3) is 0 Å². The van der Waals surface area contributed by atoms with E-state index < -0.39 is 0 Å². The predicted molar refractivity (Wildman–Crippen MR) is 93.0 cm³/mol. The van der Waals surface area contributed by atoms with E-state index in [1.807, 2.05) is 42.5 Å². The molecule has 0 unspecified atom stereocenters. The van der Waals surface area contributed by atoms with Crippen molar-refractivity contribution in [3.63, 3.8) is 0 Å². The second-order valence-electron chi connectivity index (χ2n) is 5.22. The van der Waals surface area contributed by atoms with Crippen LogP contribution in [-0.4, -0.2) is 13.2 Å². The number of rotatable bonds is 2. The Morgan fingerprint density at radius 2 is 0.913 bits per heavy atom. The highest BCUT2D eigenvalue weighted by atomic mass is 16.7. The highest BCUT2D eigenvalue weighted by Crippen LogP contribution is 2.22. The average molecular weight is 304 g/mol. The minimum atomic E-state index is -0.129. The molecule has 0 aromatic heterocycles. The Morgan fingerprint density at radius 1 is 0.522 bits per heavy atom. The monoisotopic (exact) mass is 304 g/mol. The molecule has 0 spiro atoms. The molecule has 3 aromatic rings. The summed E-state index contributed by atoms with van der Waals surface area (Å²) in [7, 11) is 0. The van der Waals surface area contributed by atoms with E-state index in [9.17, 15) is 0 Å². The summed E-state index contributed by atoms with van der Waals surface area (Å²) in [6.07, 6.45) is -0.129. The van der Waals surface area contributed by atoms with Crippen molar-refractivity contribution in [3.8, 4) is 11.1 Å². The SMILES string of the molecule is c1ccc(-c2ccccc2)cc1.c1ccc(C2OCCO2)cc1. The first-order chi connectivity index (χ1) is 11.4. The molecule has 0 atom stereocenters. The van der Waals surface area contributed by atoms with Gasteiger partial charge in [0.1, 0.15) is 0 Å². The molecule has 0 bridgehead atoms. The normalized spacial score (nSPS) is 14.1. The Morgan fingerprint density at radius 3 is 1.35 bits per heavy atom. The maximum absolute atomic E-state index is 5.32. The van der Waals surface area contributed by atoms with Crippen molar-refractivity contribution in [2.45, 2.75) is 6.29 Å². The van der Waals surface area contributed by atoms with Crippen LogP contribution < -0.4 is 0 Å². The standard InChI is InChI=1S/C12H10.C9H10O2/c1-3-7-11(8-4-1)12-9-5-2-6-10-12;1-2-4-8(5-3-1)9-10-6-7-11-9/h1-10H;1-5,9H,6-7H2. The molecular formula is C21H20O2. The number of ether oxygens (including phenoxy) is 2. The third-order valence-corrected chi connectivity index (χ3v) is 3.57. The quantitative estimate of drug-likeness (QED) is 0.657. The van der Waals surface area contributed by atoms with E-state index in [0.29, 0.717) is 13.2 Å². The zero-order valence-electron chi connectivity index (χ0n) is 13.0. The van der Waals surface area contributed by atoms with E-state index in [1.54, 1.807) is 0 Å². The van der Waals surface area contributed by atoms with Gasteiger partial charge in [0.05, 0.1) is 13.2 Å². The van der Waals surface area contributed by atoms with E-state index in [1.165, 1.54) is 11.1 Å². The Bertz CT molecular complexity index is 637. The first-order valence-electron chi connectivity index (χ1n) is 7.82. The van der Waals surface area contributed by atoms with Gasteiger partial charge in [0, 0.05) is 5.56 Å². The van der Waals surface area contributed by atoms with Gasteiger partial charge in [0.2, 0.25) is 0 Å². The second-order valence-corrected chi connectivity index (χ2v) is 5.22. The lowest BCUT2D eigenvalue weighted by Gasteiger charge is -2.07. The lowest BCUT2D eigenvalue weighted by atomic mass is 10.1. The fraction of sp³-hybridized carbons (Fsp3) is 0.143. The van der Waals surface area contributed by atoms with Crippen molar-refractivity contribution in [1.29, 1.82) is 0 Å². The third kappa shape index (κ3) is 4.52. The number of benzene rings is 3. The molecule has 0 amide bonds. The molecule has 2 heteroatoms. The van der Waals surface area contributed by atoms with Crippen LogP contribution in [0.15, 0.2) is 91.0 Å². The predicted octanol–water partition coefficient (Wildman–Crippen LogP) is 5.09. The molecule has 1 heterocycles. The van der Waals surface area contributed by atoms with Crippen LogP contribution in [0.5, 0.6) is 0 Å². The molecule has 1 aliphatic heterocycles. The molecule has 1 aliphatic rings. The van der Waals surface area contributed by atoms with Gasteiger partial charge >= 0.3 is 0 Å². The lowest BCUT2D eigenvalue weighted by molar-refractivity contribution is -0.0441. The molecule has 2 nitrogen and oxygen atoms in total. The number of hydrogen-bond acceptors (Lipinski definition) is 2. The Balaban J connectivity index is 0.000000136. The van der Waals surface area contributed by atoms with Crippen molar-refractivity contribution >= 4 is 0 Å². The van der Waals surface area contributed by atoms with Crippen LogP contribution in [0.4, 0.5) is 0 Å². The highest BCUT2D eigenvalue weighted by Gasteiger charge is 2.16. The maximum atomic E-state index is 5.32. The second kappa shape index (κ2) is 8.28. The van der Waals surface area contributed by atoms with Crippen LogP contribution in [0.25, 0.3) is 11.1 Å². The zero-order valence-corrected chi connectivity index (χ0v) is 13.0. The van der Waals surface area contributed by atoms with Crippen molar-refractivity contribution in [3.05, 3.63) is 96.6 Å². The van der Waals surface area contributed by atoms with Crippen molar-refractivity contribution in [2.75, 3.05) is 13.2 Å². The molecule has 23 heavy (non-hydrogen) atoms. The van der Waals surface area contributed by atoms with Gasteiger partial charge in [-0.1, -0.05) is 91.0 Å². The fourth-order valence-corrected chi connectivity index (χ4v) is 2.42. The van der Waals surface area contributed by atoms with Gasteiger partial charge in [0.15, 0.2) is 6.29 Å². The topological polar surface area (TPSA) is 18.5 Å². The minimum absolute atomic E-state index is 0.129. The summed E-state index contributed by atoms with van der Waals surface area (Å²) in [4.78, 5) is 0. The molecule has 0 radical (unpaired) electrons. The van der Waals surface area contributed by atoms with E-state index in [-0.39, 0.29) is 6.29 Å². The Hall–Kier alpha value is -2.42. The summed E-state index contributed by atoms with van der Waals surface area (Å²) < 4.78 is 10.6. The molecular weight excluding hydrogens is 284 g/mol. The summed E-state index contributed by atoms with van der Waals surface area (Å²) in [6.45, 7) is 1.42. The Labute approximate surface area is 137 Å². The maximum Gasteiger partial charge on any atom is 0.184 e. The zero-order chi connectivity index (χ0) is 15.7. The summed E-state index contributed by atoms with van der Waals surface area (Å²) in [5.41, 5.74) is 3.65. The Kier molecular flexibility index (Phi) is 5.57. The van der Waals surface area contributed by atoms with E-state index >= 15 is 0 Å². The molecule has 0 aliphatic carbocycles. The summed E-state index contributed by atoms with van der Waals surface area (Å²) in [6, 6.07) is 30.8. The minimum Gasteiger partial charge on any atom is -0.346 e. The van der Waals surface area contributed by atoms with Gasteiger partial charge in [-0.05, 0) is 11.1 Å². The molecule has 0 N–H and O–H groups in total. The third-order valence-electron chi connectivity index (χ3n) is 3.57. The van der Waals surface area contributed by atoms with Crippen LogP contribution >= 0.6 is 0 Å². The smallest absolute Gasteiger partial charge is 0.184 e. The van der Waals surface area contributed by atoms with Crippen molar-refractivity contribution in [1.82, 2.24) is 0 Å². The summed E-state index contributed by atoms with van der Waals surface area (Å²) in [5, 5.41) is 0. The molecule has 0 saturated carbocycles. The molecule has 1 saturated heterocycles. The number of hydrogen-bond donors (Lipinski definition) is 0. The van der Waals surface area contributed by atoms with Crippen molar-refractivity contribution < 1.29 is 9.47 Å². The summed E-state index contributed by atoms with van der Waals surface area (Å²) in [5.74, 6) is 0. The van der Waals surface area contributed by atoms with Crippen LogP contribution in [0.2, 0.25) is 0 Å². The largest absolute Gasteiger partial charge is 0.346 e. The summed E-state index contributed by atoms with van der Waals surface area (Å²) >= 11 is 0. The average Bonchev–Trinajstić information content (AvgIpc) is 3.19. The van der Waals surface area contributed by atoms with Crippen LogP contribution in [0.3, 0.4) is 0 Å². The van der Waals surface area contributed by atoms with E-state index in [0.717, 1.165) is 5.56 Å². The fourth-order valence-electron chi connectivity index (χ4n) is 2.42. The van der Waals surface area contributed by atoms with Crippen LogP contribution in [0.1, 0.15) is 11.9 Å².